The summed E-state index contributed by atoms with van der Waals surface area (Å²) in [5.41, 5.74) is 6.17. The van der Waals surface area contributed by atoms with Crippen molar-refractivity contribution in [3.63, 3.8) is 0 Å². The number of aliphatic carboxylic acids is 1. The summed E-state index contributed by atoms with van der Waals surface area (Å²) in [5, 5.41) is 13.8. The Balaban J connectivity index is 2.54. The number of rotatable bonds is 5. The SMILES string of the molecule is CC(C)(C)c1ccc2c(Br)cnc(NC(CC(N)=O)C(=O)O)c2c1. The van der Waals surface area contributed by atoms with Crippen LogP contribution < -0.4 is 11.1 Å². The molecule has 0 spiro atoms. The van der Waals surface area contributed by atoms with E-state index in [1.54, 1.807) is 6.20 Å². The van der Waals surface area contributed by atoms with Gasteiger partial charge in [-0.1, -0.05) is 32.9 Å². The largest absolute Gasteiger partial charge is 0.480 e. The van der Waals surface area contributed by atoms with Crippen molar-refractivity contribution >= 4 is 44.4 Å². The summed E-state index contributed by atoms with van der Waals surface area (Å²) in [6.07, 6.45) is 1.29. The van der Waals surface area contributed by atoms with Gasteiger partial charge in [0.2, 0.25) is 5.91 Å². The third-order valence-corrected chi connectivity index (χ3v) is 4.35. The van der Waals surface area contributed by atoms with Crippen molar-refractivity contribution in [3.8, 4) is 0 Å². The smallest absolute Gasteiger partial charge is 0.326 e. The van der Waals surface area contributed by atoms with Crippen LogP contribution >= 0.6 is 15.9 Å². The highest BCUT2D eigenvalue weighted by molar-refractivity contribution is 9.10. The first-order valence-corrected chi connectivity index (χ1v) is 8.25. The average molecular weight is 394 g/mol. The lowest BCUT2D eigenvalue weighted by atomic mass is 9.86. The van der Waals surface area contributed by atoms with Crippen LogP contribution in [-0.2, 0) is 15.0 Å². The molecule has 1 aromatic carbocycles. The summed E-state index contributed by atoms with van der Waals surface area (Å²) < 4.78 is 0.810. The molecule has 1 unspecified atom stereocenters. The van der Waals surface area contributed by atoms with Gasteiger partial charge in [-0.2, -0.15) is 0 Å². The summed E-state index contributed by atoms with van der Waals surface area (Å²) in [4.78, 5) is 26.7. The number of carboxylic acids is 1. The number of carbonyl (C=O) groups is 2. The molecule has 0 fully saturated rings. The van der Waals surface area contributed by atoms with Crippen molar-refractivity contribution in [2.45, 2.75) is 38.6 Å². The van der Waals surface area contributed by atoms with E-state index in [1.165, 1.54) is 0 Å². The maximum absolute atomic E-state index is 11.4. The van der Waals surface area contributed by atoms with E-state index in [0.29, 0.717) is 5.82 Å². The van der Waals surface area contributed by atoms with Crippen LogP contribution in [0.3, 0.4) is 0 Å². The predicted molar refractivity (Wildman–Crippen MR) is 97.0 cm³/mol. The van der Waals surface area contributed by atoms with Crippen molar-refractivity contribution in [3.05, 3.63) is 34.4 Å². The van der Waals surface area contributed by atoms with Crippen LogP contribution in [0.4, 0.5) is 5.82 Å². The molecule has 1 heterocycles. The first-order valence-electron chi connectivity index (χ1n) is 7.46. The molecule has 1 aromatic heterocycles. The summed E-state index contributed by atoms with van der Waals surface area (Å²) >= 11 is 3.46. The number of amides is 1. The fraction of sp³-hybridized carbons (Fsp3) is 0.353. The minimum atomic E-state index is -1.15. The topological polar surface area (TPSA) is 105 Å². The quantitative estimate of drug-likeness (QED) is 0.723. The standard InChI is InChI=1S/C17H20BrN3O3/c1-17(2,3)9-4-5-10-11(6-9)15(20-8-12(10)18)21-13(16(23)24)7-14(19)22/h4-6,8,13H,7H2,1-3H3,(H2,19,22)(H,20,21)(H,23,24). The van der Waals surface area contributed by atoms with Crippen LogP contribution in [0, 0.1) is 0 Å². The van der Waals surface area contributed by atoms with Gasteiger partial charge in [0, 0.05) is 21.4 Å². The van der Waals surface area contributed by atoms with Gasteiger partial charge in [0.05, 0.1) is 6.42 Å². The van der Waals surface area contributed by atoms with Gasteiger partial charge in [0.25, 0.3) is 0 Å². The number of halogens is 1. The van der Waals surface area contributed by atoms with Crippen molar-refractivity contribution in [2.24, 2.45) is 5.73 Å². The molecule has 0 saturated heterocycles. The van der Waals surface area contributed by atoms with Crippen LogP contribution in [0.1, 0.15) is 32.8 Å². The number of carboxylic acid groups (broad SMARTS) is 1. The third-order valence-electron chi connectivity index (χ3n) is 3.72. The maximum Gasteiger partial charge on any atom is 0.326 e. The Morgan fingerprint density at radius 3 is 2.54 bits per heavy atom. The number of pyridine rings is 1. The number of aromatic nitrogens is 1. The number of carbonyl (C=O) groups excluding carboxylic acids is 1. The van der Waals surface area contributed by atoms with E-state index in [-0.39, 0.29) is 11.8 Å². The van der Waals surface area contributed by atoms with E-state index in [1.807, 2.05) is 18.2 Å². The van der Waals surface area contributed by atoms with E-state index in [0.717, 1.165) is 20.8 Å². The van der Waals surface area contributed by atoms with Gasteiger partial charge in [-0.25, -0.2) is 9.78 Å². The predicted octanol–water partition coefficient (Wildman–Crippen LogP) is 3.04. The number of hydrogen-bond acceptors (Lipinski definition) is 4. The molecule has 4 N–H and O–H groups in total. The molecule has 6 nitrogen and oxygen atoms in total. The van der Waals surface area contributed by atoms with Crippen LogP contribution in [0.25, 0.3) is 10.8 Å². The van der Waals surface area contributed by atoms with Crippen molar-refractivity contribution in [2.75, 3.05) is 5.32 Å². The Hall–Kier alpha value is -2.15. The van der Waals surface area contributed by atoms with Crippen molar-refractivity contribution < 1.29 is 14.7 Å². The zero-order valence-electron chi connectivity index (χ0n) is 13.8. The van der Waals surface area contributed by atoms with E-state index in [9.17, 15) is 14.7 Å². The molecule has 7 heteroatoms. The summed E-state index contributed by atoms with van der Waals surface area (Å²) in [5.74, 6) is -1.43. The lowest BCUT2D eigenvalue weighted by Gasteiger charge is -2.21. The highest BCUT2D eigenvalue weighted by atomic mass is 79.9. The third kappa shape index (κ3) is 4.03. The number of fused-ring (bicyclic) bond motifs is 1. The van der Waals surface area contributed by atoms with Gasteiger partial charge in [0.1, 0.15) is 11.9 Å². The Bertz CT molecular complexity index is 800. The Kier molecular flexibility index (Phi) is 5.13. The number of primary amides is 1. The lowest BCUT2D eigenvalue weighted by Crippen LogP contribution is -2.34. The van der Waals surface area contributed by atoms with Gasteiger partial charge in [-0.05, 0) is 33.0 Å². The van der Waals surface area contributed by atoms with Crippen LogP contribution in [0.5, 0.6) is 0 Å². The summed E-state index contributed by atoms with van der Waals surface area (Å²) in [6.45, 7) is 6.29. The number of hydrogen-bond donors (Lipinski definition) is 3. The maximum atomic E-state index is 11.4. The van der Waals surface area contributed by atoms with Gasteiger partial charge in [-0.3, -0.25) is 4.79 Å². The second-order valence-corrected chi connectivity index (χ2v) is 7.53. The number of benzene rings is 1. The fourth-order valence-electron chi connectivity index (χ4n) is 2.36. The number of nitrogens with two attached hydrogens (primary N) is 1. The molecule has 0 aliphatic rings. The molecular weight excluding hydrogens is 374 g/mol. The minimum Gasteiger partial charge on any atom is -0.480 e. The second-order valence-electron chi connectivity index (χ2n) is 6.67. The zero-order chi connectivity index (χ0) is 18.1. The average Bonchev–Trinajstić information content (AvgIpc) is 2.47. The summed E-state index contributed by atoms with van der Waals surface area (Å²) in [7, 11) is 0. The lowest BCUT2D eigenvalue weighted by molar-refractivity contribution is -0.139. The molecule has 128 valence electrons. The first kappa shape index (κ1) is 18.2. The molecule has 0 aliphatic carbocycles. The number of nitrogens with zero attached hydrogens (tertiary/aromatic N) is 1. The fourth-order valence-corrected chi connectivity index (χ4v) is 2.80. The Morgan fingerprint density at radius 2 is 2.00 bits per heavy atom. The van der Waals surface area contributed by atoms with E-state index < -0.39 is 17.9 Å². The van der Waals surface area contributed by atoms with Gasteiger partial charge >= 0.3 is 5.97 Å². The van der Waals surface area contributed by atoms with Crippen molar-refractivity contribution in [1.82, 2.24) is 4.98 Å². The zero-order valence-corrected chi connectivity index (χ0v) is 15.3. The molecule has 0 saturated carbocycles. The molecule has 1 amide bonds. The molecule has 0 bridgehead atoms. The molecular formula is C17H20BrN3O3. The van der Waals surface area contributed by atoms with Gasteiger partial charge in [0.15, 0.2) is 0 Å². The molecule has 2 rings (SSSR count). The van der Waals surface area contributed by atoms with Crippen LogP contribution in [0.15, 0.2) is 28.9 Å². The van der Waals surface area contributed by atoms with Crippen LogP contribution in [0.2, 0.25) is 0 Å². The Morgan fingerprint density at radius 1 is 1.33 bits per heavy atom. The summed E-state index contributed by atoms with van der Waals surface area (Å²) in [6, 6.07) is 4.86. The number of nitrogens with one attached hydrogen (secondary N) is 1. The highest BCUT2D eigenvalue weighted by Gasteiger charge is 2.22. The molecule has 1 atom stereocenters. The van der Waals surface area contributed by atoms with Gasteiger partial charge < -0.3 is 16.2 Å². The monoisotopic (exact) mass is 393 g/mol. The van der Waals surface area contributed by atoms with Gasteiger partial charge in [-0.15, -0.1) is 0 Å². The van der Waals surface area contributed by atoms with Crippen molar-refractivity contribution in [1.29, 1.82) is 0 Å². The van der Waals surface area contributed by atoms with Crippen LogP contribution in [-0.4, -0.2) is 28.0 Å². The molecule has 24 heavy (non-hydrogen) atoms. The second kappa shape index (κ2) is 6.76. The Labute approximate surface area is 148 Å². The highest BCUT2D eigenvalue weighted by Crippen LogP contribution is 2.33. The van der Waals surface area contributed by atoms with E-state index >= 15 is 0 Å². The van der Waals surface area contributed by atoms with E-state index in [2.05, 4.69) is 47.0 Å². The molecule has 0 aliphatic heterocycles. The number of anilines is 1. The molecule has 0 radical (unpaired) electrons. The normalized spacial score (nSPS) is 12.8. The first-order chi connectivity index (χ1) is 11.1. The molecule has 2 aromatic rings. The minimum absolute atomic E-state index is 0.0623. The van der Waals surface area contributed by atoms with E-state index in [4.69, 9.17) is 5.73 Å².